The van der Waals surface area contributed by atoms with Crippen LogP contribution in [0, 0.1) is 20.2 Å². The molecule has 27 heavy (non-hydrogen) atoms. The molecule has 0 fully saturated rings. The van der Waals surface area contributed by atoms with Crippen LogP contribution in [0.3, 0.4) is 0 Å². The van der Waals surface area contributed by atoms with Gasteiger partial charge in [-0.1, -0.05) is 6.07 Å². The molecule has 2 aromatic rings. The van der Waals surface area contributed by atoms with Crippen molar-refractivity contribution in [3.63, 3.8) is 0 Å². The zero-order valence-electron chi connectivity index (χ0n) is 13.2. The van der Waals surface area contributed by atoms with E-state index in [1.165, 1.54) is 6.07 Å². The lowest BCUT2D eigenvalue weighted by Crippen LogP contribution is -2.20. The van der Waals surface area contributed by atoms with Gasteiger partial charge in [0.1, 0.15) is 0 Å². The lowest BCUT2D eigenvalue weighted by molar-refractivity contribution is -0.394. The fourth-order valence-corrected chi connectivity index (χ4v) is 2.00. The number of carbonyl (C=O) groups excluding carboxylic acids is 1. The number of amides is 1. The van der Waals surface area contributed by atoms with Crippen molar-refractivity contribution < 1.29 is 32.5 Å². The fourth-order valence-electron chi connectivity index (χ4n) is 2.00. The minimum atomic E-state index is -4.59. The first-order valence-electron chi connectivity index (χ1n) is 7.10. The van der Waals surface area contributed by atoms with E-state index in [1.54, 1.807) is 0 Å². The molecule has 2 rings (SSSR count). The first kappa shape index (κ1) is 19.6. The number of nitrogens with zero attached hydrogens (tertiary/aromatic N) is 2. The standard InChI is InChI=1S/C15H10F3N3O6/c16-15(17,18)9-2-1-3-10(6-9)19-14(22)8-27-13-5-4-11(20(23)24)7-12(13)21(25)26/h1-7H,8H2,(H,19,22). The number of anilines is 1. The van der Waals surface area contributed by atoms with E-state index in [1.807, 2.05) is 0 Å². The number of alkyl halides is 3. The van der Waals surface area contributed by atoms with Crippen LogP contribution in [-0.2, 0) is 11.0 Å². The number of nitro groups is 2. The minimum absolute atomic E-state index is 0.142. The number of hydrogen-bond acceptors (Lipinski definition) is 6. The molecule has 0 radical (unpaired) electrons. The van der Waals surface area contributed by atoms with Gasteiger partial charge in [0.15, 0.2) is 12.4 Å². The Balaban J connectivity index is 2.08. The Kier molecular flexibility index (Phi) is 5.58. The van der Waals surface area contributed by atoms with Crippen molar-refractivity contribution in [3.8, 4) is 5.75 Å². The number of carbonyl (C=O) groups is 1. The Morgan fingerprint density at radius 2 is 1.78 bits per heavy atom. The lowest BCUT2D eigenvalue weighted by atomic mass is 10.2. The first-order valence-corrected chi connectivity index (χ1v) is 7.10. The second kappa shape index (κ2) is 7.68. The van der Waals surface area contributed by atoms with Gasteiger partial charge in [-0.25, -0.2) is 0 Å². The number of rotatable bonds is 6. The van der Waals surface area contributed by atoms with Gasteiger partial charge in [-0.2, -0.15) is 13.2 Å². The van der Waals surface area contributed by atoms with Crippen LogP contribution in [-0.4, -0.2) is 22.4 Å². The van der Waals surface area contributed by atoms with E-state index in [0.717, 1.165) is 24.3 Å². The molecule has 1 N–H and O–H groups in total. The van der Waals surface area contributed by atoms with Crippen LogP contribution in [0.25, 0.3) is 0 Å². The average Bonchev–Trinajstić information content (AvgIpc) is 2.59. The van der Waals surface area contributed by atoms with Crippen molar-refractivity contribution in [2.75, 3.05) is 11.9 Å². The molecule has 9 nitrogen and oxygen atoms in total. The molecular weight excluding hydrogens is 375 g/mol. The van der Waals surface area contributed by atoms with Crippen molar-refractivity contribution in [1.29, 1.82) is 0 Å². The third-order valence-corrected chi connectivity index (χ3v) is 3.18. The molecule has 0 unspecified atom stereocenters. The van der Waals surface area contributed by atoms with Crippen molar-refractivity contribution in [2.45, 2.75) is 6.18 Å². The molecular formula is C15H10F3N3O6. The summed E-state index contributed by atoms with van der Waals surface area (Å²) in [4.78, 5) is 31.7. The minimum Gasteiger partial charge on any atom is -0.477 e. The average molecular weight is 385 g/mol. The van der Waals surface area contributed by atoms with Crippen molar-refractivity contribution in [1.82, 2.24) is 0 Å². The summed E-state index contributed by atoms with van der Waals surface area (Å²) in [7, 11) is 0. The third-order valence-electron chi connectivity index (χ3n) is 3.18. The Morgan fingerprint density at radius 3 is 2.37 bits per heavy atom. The van der Waals surface area contributed by atoms with E-state index in [-0.39, 0.29) is 5.69 Å². The summed E-state index contributed by atoms with van der Waals surface area (Å²) in [6, 6.07) is 6.43. The Bertz CT molecular complexity index is 901. The maximum atomic E-state index is 12.6. The molecule has 0 aliphatic carbocycles. The molecule has 1 amide bonds. The highest BCUT2D eigenvalue weighted by Crippen LogP contribution is 2.32. The van der Waals surface area contributed by atoms with E-state index in [2.05, 4.69) is 5.32 Å². The normalized spacial score (nSPS) is 10.9. The van der Waals surface area contributed by atoms with Crippen LogP contribution < -0.4 is 10.1 Å². The molecule has 0 saturated carbocycles. The topological polar surface area (TPSA) is 125 Å². The number of hydrogen-bond donors (Lipinski definition) is 1. The monoisotopic (exact) mass is 385 g/mol. The number of ether oxygens (including phenoxy) is 1. The molecule has 0 aromatic heterocycles. The van der Waals surface area contributed by atoms with Gasteiger partial charge >= 0.3 is 11.9 Å². The zero-order chi connectivity index (χ0) is 20.2. The maximum Gasteiger partial charge on any atom is 0.416 e. The molecule has 0 heterocycles. The number of halogens is 3. The van der Waals surface area contributed by atoms with Crippen LogP contribution in [0.4, 0.5) is 30.2 Å². The summed E-state index contributed by atoms with van der Waals surface area (Å²) in [6.07, 6.45) is -4.59. The smallest absolute Gasteiger partial charge is 0.416 e. The van der Waals surface area contributed by atoms with E-state index in [4.69, 9.17) is 4.74 Å². The Labute approximate surface area is 148 Å². The van der Waals surface area contributed by atoms with E-state index in [9.17, 15) is 38.2 Å². The van der Waals surface area contributed by atoms with Crippen molar-refractivity contribution in [2.24, 2.45) is 0 Å². The summed E-state index contributed by atoms with van der Waals surface area (Å²) in [6.45, 7) is -0.755. The predicted molar refractivity (Wildman–Crippen MR) is 85.3 cm³/mol. The van der Waals surface area contributed by atoms with Gasteiger partial charge in [0.25, 0.3) is 11.6 Å². The zero-order valence-corrected chi connectivity index (χ0v) is 13.2. The number of non-ortho nitro benzene ring substituents is 1. The van der Waals surface area contributed by atoms with Gasteiger partial charge in [-0.15, -0.1) is 0 Å². The van der Waals surface area contributed by atoms with Gasteiger partial charge in [0.05, 0.1) is 21.5 Å². The van der Waals surface area contributed by atoms with Gasteiger partial charge in [0.2, 0.25) is 0 Å². The second-order valence-corrected chi connectivity index (χ2v) is 5.08. The quantitative estimate of drug-likeness (QED) is 0.599. The van der Waals surface area contributed by atoms with Crippen LogP contribution in [0.2, 0.25) is 0 Å². The molecule has 0 saturated heterocycles. The van der Waals surface area contributed by atoms with Crippen molar-refractivity contribution in [3.05, 3.63) is 68.3 Å². The summed E-state index contributed by atoms with van der Waals surface area (Å²) in [5.41, 5.74) is -2.37. The first-order chi connectivity index (χ1) is 12.6. The molecule has 12 heteroatoms. The Morgan fingerprint density at radius 1 is 1.07 bits per heavy atom. The molecule has 0 spiro atoms. The highest BCUT2D eigenvalue weighted by Gasteiger charge is 2.30. The maximum absolute atomic E-state index is 12.6. The molecule has 0 atom stereocenters. The van der Waals surface area contributed by atoms with Gasteiger partial charge in [-0.3, -0.25) is 25.0 Å². The predicted octanol–water partition coefficient (Wildman–Crippen LogP) is 3.54. The molecule has 2 aromatic carbocycles. The largest absolute Gasteiger partial charge is 0.477 e. The van der Waals surface area contributed by atoms with Crippen LogP contribution >= 0.6 is 0 Å². The Hall–Kier alpha value is -3.70. The van der Waals surface area contributed by atoms with Crippen LogP contribution in [0.1, 0.15) is 5.56 Å². The van der Waals surface area contributed by atoms with Gasteiger partial charge in [-0.05, 0) is 24.3 Å². The SMILES string of the molecule is O=C(COc1ccc([N+](=O)[O-])cc1[N+](=O)[O-])Nc1cccc(C(F)(F)F)c1. The van der Waals surface area contributed by atoms with E-state index < -0.39 is 51.2 Å². The second-order valence-electron chi connectivity index (χ2n) is 5.08. The van der Waals surface area contributed by atoms with Crippen molar-refractivity contribution >= 4 is 23.0 Å². The number of nitrogens with one attached hydrogen (secondary N) is 1. The van der Waals surface area contributed by atoms with Crippen LogP contribution in [0.5, 0.6) is 5.75 Å². The third kappa shape index (κ3) is 5.14. The van der Waals surface area contributed by atoms with E-state index in [0.29, 0.717) is 12.1 Å². The summed E-state index contributed by atoms with van der Waals surface area (Å²) in [5, 5.41) is 23.8. The molecule has 0 aliphatic rings. The van der Waals surface area contributed by atoms with Gasteiger partial charge in [0, 0.05) is 11.8 Å². The summed E-state index contributed by atoms with van der Waals surface area (Å²) in [5.74, 6) is -1.27. The molecule has 142 valence electrons. The number of benzene rings is 2. The molecule has 0 aliphatic heterocycles. The van der Waals surface area contributed by atoms with Gasteiger partial charge < -0.3 is 10.1 Å². The highest BCUT2D eigenvalue weighted by atomic mass is 19.4. The lowest BCUT2D eigenvalue weighted by Gasteiger charge is -2.10. The summed E-state index contributed by atoms with van der Waals surface area (Å²) < 4.78 is 42.9. The number of nitro benzene ring substituents is 2. The highest BCUT2D eigenvalue weighted by molar-refractivity contribution is 5.92. The van der Waals surface area contributed by atoms with E-state index >= 15 is 0 Å². The van der Waals surface area contributed by atoms with Crippen LogP contribution in [0.15, 0.2) is 42.5 Å². The molecule has 0 bridgehead atoms. The fraction of sp³-hybridized carbons (Fsp3) is 0.133. The summed E-state index contributed by atoms with van der Waals surface area (Å²) >= 11 is 0.